The molecule has 1 amide bonds. The number of amides is 1. The summed E-state index contributed by atoms with van der Waals surface area (Å²) >= 11 is 0. The molecule has 0 aliphatic carbocycles. The molecular weight excluding hydrogens is 159 g/mol. The second kappa shape index (κ2) is 5.13. The van der Waals surface area contributed by atoms with Crippen molar-refractivity contribution in [1.82, 2.24) is 0 Å². The lowest BCUT2D eigenvalue weighted by atomic mass is 10.6. The van der Waals surface area contributed by atoms with Gasteiger partial charge in [-0.05, 0) is 6.08 Å². The Bertz CT molecular complexity index is 154. The number of carbonyl (C=O) groups is 1. The first-order valence-electron chi connectivity index (χ1n) is 2.03. The van der Waals surface area contributed by atoms with E-state index in [4.69, 9.17) is 14.4 Å². The quantitative estimate of drug-likeness (QED) is 0.285. The predicted octanol–water partition coefficient (Wildman–Crippen LogP) is -1.30. The Balaban J connectivity index is 0. The van der Waals surface area contributed by atoms with Gasteiger partial charge in [0.25, 0.3) is 0 Å². The second-order valence-corrected chi connectivity index (χ2v) is 2.37. The Hall–Kier alpha value is -0.680. The van der Waals surface area contributed by atoms with E-state index in [1.165, 1.54) is 0 Å². The Morgan fingerprint density at radius 3 is 1.70 bits per heavy atom. The third-order valence-electron chi connectivity index (χ3n) is 0.201. The number of hydrogen-bond acceptors (Lipinski definition) is 2. The van der Waals surface area contributed by atoms with Crippen molar-refractivity contribution < 1.29 is 19.1 Å². The van der Waals surface area contributed by atoms with Crippen LogP contribution in [0.25, 0.3) is 0 Å². The number of hydrogen-bond donors (Lipinski definition) is 4. The summed E-state index contributed by atoms with van der Waals surface area (Å²) in [7, 11) is -4.14. The molecule has 0 saturated heterocycles. The largest absolute Gasteiger partial charge is 0.397 e. The molecule has 0 fully saturated rings. The standard InChI is InChI=1S/C3H5NO.H4NO3P/c1-2-3(4)5;1-5(2,3)4/h2H,1H2,(H2,4,5);(H4,1,2,3,4). The lowest BCUT2D eigenvalue weighted by molar-refractivity contribution is -0.113. The minimum absolute atomic E-state index is 0.481. The molecule has 0 aliphatic heterocycles. The summed E-state index contributed by atoms with van der Waals surface area (Å²) in [4.78, 5) is 24.3. The van der Waals surface area contributed by atoms with Gasteiger partial charge in [0.2, 0.25) is 5.91 Å². The van der Waals surface area contributed by atoms with E-state index in [0.29, 0.717) is 0 Å². The maximum Gasteiger partial charge on any atom is 0.397 e. The Kier molecular flexibility index (Phi) is 6.18. The molecule has 6 N–H and O–H groups in total. The third kappa shape index (κ3) is 168. The Morgan fingerprint density at radius 2 is 1.70 bits per heavy atom. The highest BCUT2D eigenvalue weighted by Gasteiger charge is 1.96. The van der Waals surface area contributed by atoms with Crippen LogP contribution < -0.4 is 11.2 Å². The van der Waals surface area contributed by atoms with Gasteiger partial charge in [-0.1, -0.05) is 6.58 Å². The Morgan fingerprint density at radius 1 is 1.60 bits per heavy atom. The monoisotopic (exact) mass is 168 g/mol. The van der Waals surface area contributed by atoms with Crippen LogP contribution in [0.2, 0.25) is 0 Å². The molecule has 0 aromatic rings. The van der Waals surface area contributed by atoms with Crippen molar-refractivity contribution in [2.24, 2.45) is 11.2 Å². The second-order valence-electron chi connectivity index (χ2n) is 1.20. The molecule has 0 saturated carbocycles. The van der Waals surface area contributed by atoms with Gasteiger partial charge in [0.05, 0.1) is 0 Å². The van der Waals surface area contributed by atoms with E-state index < -0.39 is 13.7 Å². The maximum absolute atomic E-state index is 9.47. The molecule has 6 nitrogen and oxygen atoms in total. The first-order valence-corrected chi connectivity index (χ1v) is 3.71. The van der Waals surface area contributed by atoms with Crippen LogP contribution in [0.15, 0.2) is 12.7 Å². The smallest absolute Gasteiger partial charge is 0.366 e. The number of nitrogens with two attached hydrogens (primary N) is 2. The first-order chi connectivity index (χ1) is 4.27. The molecule has 0 radical (unpaired) electrons. The topological polar surface area (TPSA) is 127 Å². The molecule has 0 heterocycles. The zero-order valence-corrected chi connectivity index (χ0v) is 5.99. The fourth-order valence-electron chi connectivity index (χ4n) is 0. The molecule has 0 aliphatic rings. The van der Waals surface area contributed by atoms with Crippen LogP contribution in [-0.2, 0) is 9.36 Å². The van der Waals surface area contributed by atoms with Gasteiger partial charge in [0, 0.05) is 0 Å². The number of primary amides is 1. The van der Waals surface area contributed by atoms with Crippen LogP contribution in [0, 0.1) is 0 Å². The summed E-state index contributed by atoms with van der Waals surface area (Å²) in [5.74, 6) is -0.481. The molecule has 0 unspecified atom stereocenters. The summed E-state index contributed by atoms with van der Waals surface area (Å²) in [5.41, 5.74) is 8.56. The van der Waals surface area contributed by atoms with Gasteiger partial charge in [0.1, 0.15) is 0 Å². The van der Waals surface area contributed by atoms with Crippen molar-refractivity contribution in [3.05, 3.63) is 12.7 Å². The fraction of sp³-hybridized carbons (Fsp3) is 0. The summed E-state index contributed by atoms with van der Waals surface area (Å²) in [5, 5.41) is 0. The third-order valence-corrected chi connectivity index (χ3v) is 0.201. The first kappa shape index (κ1) is 12.0. The van der Waals surface area contributed by atoms with Gasteiger partial charge in [-0.15, -0.1) is 0 Å². The number of carbonyl (C=O) groups excluding carboxylic acids is 1. The zero-order valence-electron chi connectivity index (χ0n) is 5.10. The zero-order chi connectivity index (χ0) is 8.78. The highest BCUT2D eigenvalue weighted by molar-refractivity contribution is 7.49. The van der Waals surface area contributed by atoms with E-state index in [-0.39, 0.29) is 0 Å². The molecule has 10 heavy (non-hydrogen) atoms. The normalized spacial score (nSPS) is 9.10. The van der Waals surface area contributed by atoms with Crippen LogP contribution in [-0.4, -0.2) is 15.7 Å². The van der Waals surface area contributed by atoms with Crippen LogP contribution >= 0.6 is 7.75 Å². The van der Waals surface area contributed by atoms with Crippen molar-refractivity contribution in [2.75, 3.05) is 0 Å². The minimum atomic E-state index is -4.14. The highest BCUT2D eigenvalue weighted by atomic mass is 31.2. The maximum atomic E-state index is 9.47. The number of rotatable bonds is 1. The molecule has 60 valence electrons. The van der Waals surface area contributed by atoms with Crippen molar-refractivity contribution in [3.8, 4) is 0 Å². The van der Waals surface area contributed by atoms with E-state index in [9.17, 15) is 4.79 Å². The fourth-order valence-corrected chi connectivity index (χ4v) is 0. The van der Waals surface area contributed by atoms with Crippen molar-refractivity contribution >= 4 is 13.7 Å². The van der Waals surface area contributed by atoms with Gasteiger partial charge < -0.3 is 15.5 Å². The van der Waals surface area contributed by atoms with Crippen molar-refractivity contribution in [1.29, 1.82) is 0 Å². The van der Waals surface area contributed by atoms with Crippen LogP contribution in [0.5, 0.6) is 0 Å². The molecular formula is C3H9N2O4P. The summed E-state index contributed by atoms with van der Waals surface area (Å²) in [6, 6.07) is 0. The van der Waals surface area contributed by atoms with Crippen LogP contribution in [0.1, 0.15) is 0 Å². The summed E-state index contributed by atoms with van der Waals surface area (Å²) in [6.45, 7) is 3.09. The molecule has 0 spiro atoms. The molecule has 7 heteroatoms. The lowest BCUT2D eigenvalue weighted by Gasteiger charge is -1.84. The van der Waals surface area contributed by atoms with E-state index >= 15 is 0 Å². The lowest BCUT2D eigenvalue weighted by Crippen LogP contribution is -2.04. The Labute approximate surface area is 57.7 Å². The van der Waals surface area contributed by atoms with Crippen LogP contribution in [0.4, 0.5) is 0 Å². The summed E-state index contributed by atoms with van der Waals surface area (Å²) in [6.07, 6.45) is 1.06. The van der Waals surface area contributed by atoms with Gasteiger partial charge >= 0.3 is 7.75 Å². The molecule has 0 bridgehead atoms. The van der Waals surface area contributed by atoms with Gasteiger partial charge in [-0.25, -0.2) is 10.1 Å². The molecule has 0 rings (SSSR count). The summed E-state index contributed by atoms with van der Waals surface area (Å²) < 4.78 is 9.10. The van der Waals surface area contributed by atoms with E-state index in [1.807, 2.05) is 0 Å². The van der Waals surface area contributed by atoms with Gasteiger partial charge in [0.15, 0.2) is 0 Å². The molecule has 0 aromatic carbocycles. The predicted molar refractivity (Wildman–Crippen MR) is 35.6 cm³/mol. The highest BCUT2D eigenvalue weighted by Crippen LogP contribution is 2.20. The van der Waals surface area contributed by atoms with Gasteiger partial charge in [-0.2, -0.15) is 0 Å². The average Bonchev–Trinajstić information content (AvgIpc) is 1.61. The van der Waals surface area contributed by atoms with E-state index in [0.717, 1.165) is 6.08 Å². The van der Waals surface area contributed by atoms with E-state index in [1.54, 1.807) is 0 Å². The van der Waals surface area contributed by atoms with Crippen molar-refractivity contribution in [2.45, 2.75) is 0 Å². The van der Waals surface area contributed by atoms with Crippen LogP contribution in [0.3, 0.4) is 0 Å². The van der Waals surface area contributed by atoms with E-state index in [2.05, 4.69) is 17.8 Å². The van der Waals surface area contributed by atoms with Crippen molar-refractivity contribution in [3.63, 3.8) is 0 Å². The minimum Gasteiger partial charge on any atom is -0.366 e. The van der Waals surface area contributed by atoms with Gasteiger partial charge in [-0.3, -0.25) is 4.79 Å². The SMILES string of the molecule is C=CC(N)=O.NP(=O)(O)O. The molecule has 0 atom stereocenters. The molecule has 0 aromatic heterocycles. The average molecular weight is 168 g/mol.